The monoisotopic (exact) mass is 374 g/mol. The maximum Gasteiger partial charge on any atom is 0.337 e. The molecule has 2 N–H and O–H groups in total. The third-order valence-electron chi connectivity index (χ3n) is 4.80. The smallest absolute Gasteiger partial charge is 0.337 e. The van der Waals surface area contributed by atoms with Crippen molar-refractivity contribution in [3.8, 4) is 11.1 Å². The summed E-state index contributed by atoms with van der Waals surface area (Å²) in [4.78, 5) is 14.2. The second-order valence-electron chi connectivity index (χ2n) is 6.35. The van der Waals surface area contributed by atoms with Gasteiger partial charge in [-0.15, -0.1) is 0 Å². The summed E-state index contributed by atoms with van der Waals surface area (Å²) in [6.07, 6.45) is 0. The summed E-state index contributed by atoms with van der Waals surface area (Å²) in [6, 6.07) is 20.3. The number of rotatable bonds is 3. The fraction of sp³-hybridized carbons (Fsp3) is 0.0870. The normalized spacial score (nSPS) is 12.3. The van der Waals surface area contributed by atoms with E-state index in [1.807, 2.05) is 43.4 Å². The Morgan fingerprint density at radius 1 is 1.00 bits per heavy atom. The van der Waals surface area contributed by atoms with Crippen molar-refractivity contribution in [1.82, 2.24) is 0 Å². The quantitative estimate of drug-likeness (QED) is 0.566. The molecule has 0 atom stereocenters. The third kappa shape index (κ3) is 2.97. The Kier molecular flexibility index (Phi) is 4.60. The van der Waals surface area contributed by atoms with Gasteiger partial charge in [0, 0.05) is 20.6 Å². The van der Waals surface area contributed by atoms with Crippen LogP contribution in [0.15, 0.2) is 65.6 Å². The average Bonchev–Trinajstić information content (AvgIpc) is 2.72. The predicted octanol–water partition coefficient (Wildman–Crippen LogP) is 2.64. The number of quaternary nitrogens is 1. The van der Waals surface area contributed by atoms with Crippen LogP contribution in [-0.4, -0.2) is 20.1 Å². The molecule has 1 aliphatic rings. The molecule has 0 spiro atoms. The van der Waals surface area contributed by atoms with Crippen molar-refractivity contribution in [2.24, 2.45) is 0 Å². The van der Waals surface area contributed by atoms with Crippen molar-refractivity contribution >= 4 is 34.9 Å². The van der Waals surface area contributed by atoms with E-state index in [0.29, 0.717) is 5.56 Å². The number of hydrogen-bond acceptors (Lipinski definition) is 3. The molecule has 0 aliphatic carbocycles. The number of ether oxygens (including phenoxy) is 1. The Morgan fingerprint density at radius 3 is 2.56 bits per heavy atom. The van der Waals surface area contributed by atoms with Crippen LogP contribution >= 0.6 is 11.8 Å². The molecule has 0 unspecified atom stereocenters. The minimum absolute atomic E-state index is 0.320. The molecule has 0 aromatic heterocycles. The highest BCUT2D eigenvalue weighted by atomic mass is 32.2. The lowest BCUT2D eigenvalue weighted by Crippen LogP contribution is -2.73. The highest BCUT2D eigenvalue weighted by molar-refractivity contribution is 8.08. The van der Waals surface area contributed by atoms with Crippen LogP contribution in [0.2, 0.25) is 0 Å². The van der Waals surface area contributed by atoms with Gasteiger partial charge < -0.3 is 10.1 Å². The van der Waals surface area contributed by atoms with E-state index < -0.39 is 0 Å². The Hall–Kier alpha value is -2.82. The molecule has 3 aromatic rings. The highest BCUT2D eigenvalue weighted by Gasteiger charge is 2.22. The first-order valence-electron chi connectivity index (χ1n) is 8.75. The zero-order chi connectivity index (χ0) is 19.0. The van der Waals surface area contributed by atoms with Crippen LogP contribution in [0.25, 0.3) is 22.6 Å². The number of carbonyl (C=O) groups is 1. The van der Waals surface area contributed by atoms with Crippen LogP contribution in [0.1, 0.15) is 15.9 Å². The first-order chi connectivity index (χ1) is 13.1. The fourth-order valence-corrected chi connectivity index (χ4v) is 4.81. The molecular formula is C23H20NO2S+. The molecule has 0 bridgehead atoms. The van der Waals surface area contributed by atoms with Gasteiger partial charge in [0.15, 0.2) is 0 Å². The van der Waals surface area contributed by atoms with E-state index in [1.54, 1.807) is 11.8 Å². The van der Waals surface area contributed by atoms with E-state index in [-0.39, 0.29) is 5.97 Å². The summed E-state index contributed by atoms with van der Waals surface area (Å²) >= 11 is 1.69. The second kappa shape index (κ2) is 7.06. The Balaban J connectivity index is 2.03. The minimum Gasteiger partial charge on any atom is -0.465 e. The van der Waals surface area contributed by atoms with Gasteiger partial charge in [-0.2, -0.15) is 0 Å². The molecule has 3 nitrogen and oxygen atoms in total. The largest absolute Gasteiger partial charge is 0.465 e. The maximum atomic E-state index is 12.0. The minimum atomic E-state index is -0.320. The van der Waals surface area contributed by atoms with Gasteiger partial charge in [0.2, 0.25) is 0 Å². The van der Waals surface area contributed by atoms with Gasteiger partial charge in [0.25, 0.3) is 0 Å². The molecule has 3 aromatic carbocycles. The lowest BCUT2D eigenvalue weighted by molar-refractivity contribution is -0.539. The molecule has 0 saturated carbocycles. The highest BCUT2D eigenvalue weighted by Crippen LogP contribution is 2.42. The van der Waals surface area contributed by atoms with Gasteiger partial charge in [-0.25, -0.2) is 4.79 Å². The molecule has 0 saturated heterocycles. The molecule has 1 aliphatic heterocycles. The van der Waals surface area contributed by atoms with Crippen molar-refractivity contribution in [1.29, 1.82) is 0 Å². The molecule has 4 heteroatoms. The van der Waals surface area contributed by atoms with E-state index in [1.165, 1.54) is 23.3 Å². The van der Waals surface area contributed by atoms with E-state index in [9.17, 15) is 4.79 Å². The Morgan fingerprint density at radius 2 is 1.78 bits per heavy atom. The third-order valence-corrected chi connectivity index (χ3v) is 5.98. The number of nitrogens with two attached hydrogens (primary N) is 1. The van der Waals surface area contributed by atoms with Crippen molar-refractivity contribution in [2.75, 3.05) is 14.2 Å². The first kappa shape index (κ1) is 17.6. The number of esters is 1. The zero-order valence-corrected chi connectivity index (χ0v) is 16.1. The maximum absolute atomic E-state index is 12.0. The van der Waals surface area contributed by atoms with Gasteiger partial charge in [-0.1, -0.05) is 54.7 Å². The predicted molar refractivity (Wildman–Crippen MR) is 110 cm³/mol. The van der Waals surface area contributed by atoms with Crippen LogP contribution in [0.5, 0.6) is 0 Å². The number of para-hydroxylation sites is 1. The molecule has 0 radical (unpaired) electrons. The Bertz CT molecular complexity index is 1170. The number of fused-ring (bicyclic) bond motifs is 3. The van der Waals surface area contributed by atoms with Gasteiger partial charge in [-0.05, 0) is 40.6 Å². The van der Waals surface area contributed by atoms with Crippen LogP contribution in [0, 0.1) is 0 Å². The van der Waals surface area contributed by atoms with Gasteiger partial charge in [0.05, 0.1) is 19.7 Å². The SMILES string of the molecule is C=c1cccc2c1=C(c1ccccc1[NH2+]C)Sc1cc(C(=O)OC)ccc1-2. The average molecular weight is 374 g/mol. The number of benzene rings is 3. The standard InChI is InChI=1S/C23H19NO2S/c1-14-7-6-9-17-16-12-11-15(23(25)26-3)13-20(16)27-22(21(14)17)18-8-4-5-10-19(18)24-2/h4-13,24H,1H2,2-3H3/p+1. The van der Waals surface area contributed by atoms with E-state index in [0.717, 1.165) is 26.5 Å². The van der Waals surface area contributed by atoms with E-state index >= 15 is 0 Å². The van der Waals surface area contributed by atoms with Crippen molar-refractivity contribution in [2.45, 2.75) is 4.90 Å². The van der Waals surface area contributed by atoms with Gasteiger partial charge in [0.1, 0.15) is 5.69 Å². The first-order valence-corrected chi connectivity index (χ1v) is 9.57. The van der Waals surface area contributed by atoms with Crippen molar-refractivity contribution < 1.29 is 14.8 Å². The lowest BCUT2D eigenvalue weighted by atomic mass is 9.98. The van der Waals surface area contributed by atoms with Crippen molar-refractivity contribution in [3.05, 3.63) is 82.2 Å². The van der Waals surface area contributed by atoms with Gasteiger partial charge >= 0.3 is 5.97 Å². The summed E-state index contributed by atoms with van der Waals surface area (Å²) in [6.45, 7) is 4.28. The van der Waals surface area contributed by atoms with Crippen LogP contribution in [-0.2, 0) is 4.74 Å². The van der Waals surface area contributed by atoms with Crippen LogP contribution in [0.3, 0.4) is 0 Å². The summed E-state index contributed by atoms with van der Waals surface area (Å²) in [5.74, 6) is -0.320. The van der Waals surface area contributed by atoms with E-state index in [2.05, 4.69) is 36.2 Å². The van der Waals surface area contributed by atoms with Crippen LogP contribution < -0.4 is 15.8 Å². The summed E-state index contributed by atoms with van der Waals surface area (Å²) < 4.78 is 4.89. The van der Waals surface area contributed by atoms with E-state index in [4.69, 9.17) is 4.74 Å². The fourth-order valence-electron chi connectivity index (χ4n) is 3.47. The van der Waals surface area contributed by atoms with Gasteiger partial charge in [-0.3, -0.25) is 0 Å². The topological polar surface area (TPSA) is 42.9 Å². The molecule has 134 valence electrons. The molecule has 0 amide bonds. The summed E-state index contributed by atoms with van der Waals surface area (Å²) in [5.41, 5.74) is 5.19. The number of thioether (sulfide) groups is 1. The summed E-state index contributed by atoms with van der Waals surface area (Å²) in [7, 11) is 3.46. The number of methoxy groups -OCH3 is 1. The molecule has 0 fully saturated rings. The van der Waals surface area contributed by atoms with Crippen molar-refractivity contribution in [3.63, 3.8) is 0 Å². The lowest BCUT2D eigenvalue weighted by Gasteiger charge is -2.21. The summed E-state index contributed by atoms with van der Waals surface area (Å²) in [5, 5.41) is 4.29. The van der Waals surface area contributed by atoms with Crippen LogP contribution in [0.4, 0.5) is 5.69 Å². The zero-order valence-electron chi connectivity index (χ0n) is 15.3. The number of carbonyl (C=O) groups excluding carboxylic acids is 1. The Labute approximate surface area is 162 Å². The molecule has 1 heterocycles. The molecular weight excluding hydrogens is 354 g/mol. The second-order valence-corrected chi connectivity index (χ2v) is 7.40. The number of hydrogen-bond donors (Lipinski definition) is 1. The molecule has 4 rings (SSSR count). The molecule has 27 heavy (non-hydrogen) atoms.